The summed E-state index contributed by atoms with van der Waals surface area (Å²) in [5.41, 5.74) is 3.19. The maximum absolute atomic E-state index is 3.36. The maximum Gasteiger partial charge on any atom is 0.0456 e. The van der Waals surface area contributed by atoms with Crippen molar-refractivity contribution in [2.75, 3.05) is 0 Å². The number of aromatic nitrogens is 1. The lowest BCUT2D eigenvalue weighted by atomic mass is 9.82. The highest BCUT2D eigenvalue weighted by atomic mass is 14.7. The van der Waals surface area contributed by atoms with Gasteiger partial charge >= 0.3 is 0 Å². The SMILES string of the molecule is CCCC(C)(C)CCc1c[nH]c2ccccc12. The number of fused-ring (bicyclic) bond motifs is 1. The Morgan fingerprint density at radius 2 is 1.88 bits per heavy atom. The van der Waals surface area contributed by atoms with Gasteiger partial charge in [0.2, 0.25) is 0 Å². The molecule has 17 heavy (non-hydrogen) atoms. The smallest absolute Gasteiger partial charge is 0.0456 e. The first kappa shape index (κ1) is 12.2. The van der Waals surface area contributed by atoms with Crippen LogP contribution in [0.5, 0.6) is 0 Å². The summed E-state index contributed by atoms with van der Waals surface area (Å²) < 4.78 is 0. The molecule has 2 rings (SSSR count). The van der Waals surface area contributed by atoms with E-state index in [2.05, 4.69) is 56.2 Å². The zero-order valence-electron chi connectivity index (χ0n) is 11.2. The van der Waals surface area contributed by atoms with Crippen LogP contribution in [0.25, 0.3) is 10.9 Å². The van der Waals surface area contributed by atoms with Crippen LogP contribution in [0.15, 0.2) is 30.5 Å². The zero-order valence-corrected chi connectivity index (χ0v) is 11.2. The summed E-state index contributed by atoms with van der Waals surface area (Å²) in [4.78, 5) is 3.36. The Balaban J connectivity index is 2.09. The number of aryl methyl sites for hydroxylation is 1. The molecule has 0 aliphatic carbocycles. The molecule has 2 aromatic rings. The monoisotopic (exact) mass is 229 g/mol. The summed E-state index contributed by atoms with van der Waals surface area (Å²) in [6.07, 6.45) is 7.21. The standard InChI is InChI=1S/C16H23N/c1-4-10-16(2,3)11-9-13-12-17-15-8-6-5-7-14(13)15/h5-8,12,17H,4,9-11H2,1-3H3. The van der Waals surface area contributed by atoms with Crippen LogP contribution in [0.2, 0.25) is 0 Å². The number of hydrogen-bond acceptors (Lipinski definition) is 0. The Morgan fingerprint density at radius 1 is 1.12 bits per heavy atom. The molecular weight excluding hydrogens is 206 g/mol. The van der Waals surface area contributed by atoms with Crippen molar-refractivity contribution in [3.05, 3.63) is 36.0 Å². The Labute approximate surface area is 104 Å². The van der Waals surface area contributed by atoms with Crippen molar-refractivity contribution in [1.29, 1.82) is 0 Å². The van der Waals surface area contributed by atoms with E-state index in [0.717, 1.165) is 0 Å². The van der Waals surface area contributed by atoms with Gasteiger partial charge in [0.25, 0.3) is 0 Å². The van der Waals surface area contributed by atoms with Gasteiger partial charge in [-0.05, 0) is 36.3 Å². The lowest BCUT2D eigenvalue weighted by Gasteiger charge is -2.23. The van der Waals surface area contributed by atoms with Gasteiger partial charge in [-0.1, -0.05) is 45.4 Å². The molecule has 92 valence electrons. The average Bonchev–Trinajstić information content (AvgIpc) is 2.70. The second-order valence-corrected chi connectivity index (χ2v) is 5.77. The maximum atomic E-state index is 3.36. The van der Waals surface area contributed by atoms with E-state index in [1.807, 2.05) is 0 Å². The van der Waals surface area contributed by atoms with Crippen LogP contribution in [0.3, 0.4) is 0 Å². The molecule has 0 saturated heterocycles. The summed E-state index contributed by atoms with van der Waals surface area (Å²) in [5, 5.41) is 1.39. The van der Waals surface area contributed by atoms with Crippen molar-refractivity contribution in [2.45, 2.75) is 46.5 Å². The van der Waals surface area contributed by atoms with Crippen molar-refractivity contribution in [3.63, 3.8) is 0 Å². The molecule has 1 nitrogen and oxygen atoms in total. The average molecular weight is 229 g/mol. The van der Waals surface area contributed by atoms with Gasteiger partial charge in [-0.15, -0.1) is 0 Å². The third-order valence-electron chi connectivity index (χ3n) is 3.67. The molecule has 0 fully saturated rings. The molecule has 0 spiro atoms. The Bertz CT molecular complexity index is 479. The van der Waals surface area contributed by atoms with Crippen LogP contribution in [0.4, 0.5) is 0 Å². The molecule has 0 aliphatic rings. The highest BCUT2D eigenvalue weighted by Crippen LogP contribution is 2.30. The van der Waals surface area contributed by atoms with E-state index in [1.54, 1.807) is 0 Å². The van der Waals surface area contributed by atoms with Crippen LogP contribution >= 0.6 is 0 Å². The second-order valence-electron chi connectivity index (χ2n) is 5.77. The summed E-state index contributed by atoms with van der Waals surface area (Å²) in [6.45, 7) is 7.03. The topological polar surface area (TPSA) is 15.8 Å². The molecule has 1 N–H and O–H groups in total. The molecule has 0 aliphatic heterocycles. The molecule has 1 heterocycles. The molecule has 0 saturated carbocycles. The van der Waals surface area contributed by atoms with E-state index in [1.165, 1.54) is 42.1 Å². The molecule has 0 radical (unpaired) electrons. The fourth-order valence-electron chi connectivity index (χ4n) is 2.61. The first-order valence-electron chi connectivity index (χ1n) is 6.67. The highest BCUT2D eigenvalue weighted by Gasteiger charge is 2.17. The van der Waals surface area contributed by atoms with Crippen molar-refractivity contribution >= 4 is 10.9 Å². The molecule has 1 heteroatoms. The van der Waals surface area contributed by atoms with Crippen LogP contribution in [-0.4, -0.2) is 4.98 Å². The number of aromatic amines is 1. The molecule has 0 amide bonds. The predicted molar refractivity (Wildman–Crippen MR) is 75.3 cm³/mol. The van der Waals surface area contributed by atoms with Crippen molar-refractivity contribution in [3.8, 4) is 0 Å². The van der Waals surface area contributed by atoms with Crippen LogP contribution < -0.4 is 0 Å². The van der Waals surface area contributed by atoms with Gasteiger partial charge in [0.05, 0.1) is 0 Å². The minimum Gasteiger partial charge on any atom is -0.361 e. The van der Waals surface area contributed by atoms with E-state index >= 15 is 0 Å². The number of hydrogen-bond donors (Lipinski definition) is 1. The van der Waals surface area contributed by atoms with E-state index in [0.29, 0.717) is 5.41 Å². The molecule has 0 atom stereocenters. The Kier molecular flexibility index (Phi) is 3.56. The largest absolute Gasteiger partial charge is 0.361 e. The molecule has 1 aromatic heterocycles. The molecular formula is C16H23N. The quantitative estimate of drug-likeness (QED) is 0.748. The summed E-state index contributed by atoms with van der Waals surface area (Å²) in [5.74, 6) is 0. The van der Waals surface area contributed by atoms with Crippen molar-refractivity contribution in [1.82, 2.24) is 4.98 Å². The minimum atomic E-state index is 0.465. The van der Waals surface area contributed by atoms with E-state index < -0.39 is 0 Å². The number of benzene rings is 1. The van der Waals surface area contributed by atoms with E-state index in [-0.39, 0.29) is 0 Å². The summed E-state index contributed by atoms with van der Waals surface area (Å²) >= 11 is 0. The van der Waals surface area contributed by atoms with Crippen LogP contribution in [-0.2, 0) is 6.42 Å². The normalized spacial score (nSPS) is 12.2. The molecule has 0 unspecified atom stereocenters. The van der Waals surface area contributed by atoms with E-state index in [9.17, 15) is 0 Å². The van der Waals surface area contributed by atoms with Crippen molar-refractivity contribution < 1.29 is 0 Å². The lowest BCUT2D eigenvalue weighted by Crippen LogP contribution is -2.11. The minimum absolute atomic E-state index is 0.465. The number of rotatable bonds is 5. The fraction of sp³-hybridized carbons (Fsp3) is 0.500. The third kappa shape index (κ3) is 2.91. The number of nitrogens with one attached hydrogen (secondary N) is 1. The lowest BCUT2D eigenvalue weighted by molar-refractivity contribution is 0.305. The highest BCUT2D eigenvalue weighted by molar-refractivity contribution is 5.82. The Hall–Kier alpha value is -1.24. The van der Waals surface area contributed by atoms with Crippen LogP contribution in [0, 0.1) is 5.41 Å². The van der Waals surface area contributed by atoms with Gasteiger partial charge in [0.15, 0.2) is 0 Å². The van der Waals surface area contributed by atoms with Gasteiger partial charge in [-0.2, -0.15) is 0 Å². The van der Waals surface area contributed by atoms with Crippen LogP contribution in [0.1, 0.15) is 45.6 Å². The van der Waals surface area contributed by atoms with Crippen molar-refractivity contribution in [2.24, 2.45) is 5.41 Å². The number of para-hydroxylation sites is 1. The predicted octanol–water partition coefficient (Wildman–Crippen LogP) is 4.93. The van der Waals surface area contributed by atoms with Gasteiger partial charge in [0.1, 0.15) is 0 Å². The van der Waals surface area contributed by atoms with Gasteiger partial charge < -0.3 is 4.98 Å². The molecule has 1 aromatic carbocycles. The Morgan fingerprint density at radius 3 is 2.65 bits per heavy atom. The summed E-state index contributed by atoms with van der Waals surface area (Å²) in [6, 6.07) is 8.57. The molecule has 0 bridgehead atoms. The number of H-pyrrole nitrogens is 1. The fourth-order valence-corrected chi connectivity index (χ4v) is 2.61. The van der Waals surface area contributed by atoms with Gasteiger partial charge in [-0.3, -0.25) is 0 Å². The first-order chi connectivity index (χ1) is 8.12. The third-order valence-corrected chi connectivity index (χ3v) is 3.67. The second kappa shape index (κ2) is 4.95. The zero-order chi connectivity index (χ0) is 12.3. The summed E-state index contributed by atoms with van der Waals surface area (Å²) in [7, 11) is 0. The van der Waals surface area contributed by atoms with Gasteiger partial charge in [-0.25, -0.2) is 0 Å². The first-order valence-corrected chi connectivity index (χ1v) is 6.67. The van der Waals surface area contributed by atoms with Gasteiger partial charge in [0, 0.05) is 17.1 Å². The van der Waals surface area contributed by atoms with E-state index in [4.69, 9.17) is 0 Å².